The predicted molar refractivity (Wildman–Crippen MR) is 64.2 cm³/mol. The molecule has 16 heavy (non-hydrogen) atoms. The van der Waals surface area contributed by atoms with Gasteiger partial charge in [0, 0.05) is 12.6 Å². The number of hydrogen-bond donors (Lipinski definition) is 2. The summed E-state index contributed by atoms with van der Waals surface area (Å²) < 4.78 is 0. The van der Waals surface area contributed by atoms with Crippen LogP contribution in [-0.4, -0.2) is 48.2 Å². The molecule has 1 unspecified atom stereocenters. The van der Waals surface area contributed by atoms with Crippen LogP contribution in [0.3, 0.4) is 0 Å². The van der Waals surface area contributed by atoms with Crippen molar-refractivity contribution in [2.45, 2.75) is 45.1 Å². The van der Waals surface area contributed by atoms with E-state index in [0.717, 1.165) is 38.8 Å². The van der Waals surface area contributed by atoms with E-state index in [2.05, 4.69) is 10.2 Å². The SMILES string of the molecule is CCCNC(=O)CN1CCCCCC1CO. The second kappa shape index (κ2) is 7.63. The smallest absolute Gasteiger partial charge is 0.234 e. The summed E-state index contributed by atoms with van der Waals surface area (Å²) in [4.78, 5) is 13.7. The van der Waals surface area contributed by atoms with Gasteiger partial charge in [-0.25, -0.2) is 0 Å². The van der Waals surface area contributed by atoms with Gasteiger partial charge >= 0.3 is 0 Å². The fraction of sp³-hybridized carbons (Fsp3) is 0.917. The van der Waals surface area contributed by atoms with Gasteiger partial charge in [0.05, 0.1) is 13.2 Å². The monoisotopic (exact) mass is 228 g/mol. The third-order valence-electron chi connectivity index (χ3n) is 3.13. The first-order valence-corrected chi connectivity index (χ1v) is 6.39. The maximum absolute atomic E-state index is 11.6. The molecule has 0 bridgehead atoms. The summed E-state index contributed by atoms with van der Waals surface area (Å²) in [5.74, 6) is 0.0854. The highest BCUT2D eigenvalue weighted by Crippen LogP contribution is 2.15. The Morgan fingerprint density at radius 1 is 1.44 bits per heavy atom. The number of carbonyl (C=O) groups is 1. The first-order valence-electron chi connectivity index (χ1n) is 6.39. The van der Waals surface area contributed by atoms with Crippen molar-refractivity contribution in [2.24, 2.45) is 0 Å². The lowest BCUT2D eigenvalue weighted by atomic mass is 10.1. The number of aliphatic hydroxyl groups is 1. The van der Waals surface area contributed by atoms with Crippen molar-refractivity contribution in [3.05, 3.63) is 0 Å². The molecule has 4 nitrogen and oxygen atoms in total. The molecule has 1 atom stereocenters. The Labute approximate surface area is 98.0 Å². The number of nitrogens with one attached hydrogen (secondary N) is 1. The molecular formula is C12H24N2O2. The molecule has 4 heteroatoms. The van der Waals surface area contributed by atoms with Gasteiger partial charge in [-0.3, -0.25) is 9.69 Å². The van der Waals surface area contributed by atoms with Gasteiger partial charge in [-0.15, -0.1) is 0 Å². The topological polar surface area (TPSA) is 52.6 Å². The molecule has 1 fully saturated rings. The summed E-state index contributed by atoms with van der Waals surface area (Å²) in [6.45, 7) is 4.33. The number of rotatable bonds is 5. The first kappa shape index (κ1) is 13.5. The van der Waals surface area contributed by atoms with Gasteiger partial charge < -0.3 is 10.4 Å². The van der Waals surface area contributed by atoms with Crippen LogP contribution in [0.15, 0.2) is 0 Å². The van der Waals surface area contributed by atoms with Crippen LogP contribution in [0.25, 0.3) is 0 Å². The van der Waals surface area contributed by atoms with Crippen molar-refractivity contribution < 1.29 is 9.90 Å². The second-order valence-electron chi connectivity index (χ2n) is 4.51. The molecule has 0 aromatic carbocycles. The number of amides is 1. The quantitative estimate of drug-likeness (QED) is 0.730. The minimum Gasteiger partial charge on any atom is -0.395 e. The van der Waals surface area contributed by atoms with Gasteiger partial charge in [0.15, 0.2) is 0 Å². The molecule has 1 rings (SSSR count). The van der Waals surface area contributed by atoms with Crippen molar-refractivity contribution in [3.63, 3.8) is 0 Å². The lowest BCUT2D eigenvalue weighted by Crippen LogP contribution is -2.44. The van der Waals surface area contributed by atoms with Crippen LogP contribution in [0.1, 0.15) is 39.0 Å². The van der Waals surface area contributed by atoms with Gasteiger partial charge in [-0.1, -0.05) is 19.8 Å². The Bertz CT molecular complexity index is 209. The highest BCUT2D eigenvalue weighted by Gasteiger charge is 2.21. The van der Waals surface area contributed by atoms with E-state index in [0.29, 0.717) is 6.54 Å². The number of nitrogens with zero attached hydrogens (tertiary/aromatic N) is 1. The fourth-order valence-corrected chi connectivity index (χ4v) is 2.16. The van der Waals surface area contributed by atoms with Crippen molar-refractivity contribution in [1.29, 1.82) is 0 Å². The lowest BCUT2D eigenvalue weighted by molar-refractivity contribution is -0.123. The summed E-state index contributed by atoms with van der Waals surface area (Å²) in [7, 11) is 0. The van der Waals surface area contributed by atoms with Gasteiger partial charge in [0.1, 0.15) is 0 Å². The molecule has 0 saturated carbocycles. The summed E-state index contributed by atoms with van der Waals surface area (Å²) in [6.07, 6.45) is 5.49. The summed E-state index contributed by atoms with van der Waals surface area (Å²) in [5.41, 5.74) is 0. The van der Waals surface area contributed by atoms with Gasteiger partial charge in [0.25, 0.3) is 0 Å². The molecule has 1 heterocycles. The molecule has 1 amide bonds. The molecule has 2 N–H and O–H groups in total. The van der Waals surface area contributed by atoms with Crippen LogP contribution < -0.4 is 5.32 Å². The molecule has 94 valence electrons. The van der Waals surface area contributed by atoms with E-state index in [1.165, 1.54) is 6.42 Å². The standard InChI is InChI=1S/C12H24N2O2/c1-2-7-13-12(16)9-14-8-5-3-4-6-11(14)10-15/h11,15H,2-10H2,1H3,(H,13,16). The Balaban J connectivity index is 2.38. The predicted octanol–water partition coefficient (Wildman–Crippen LogP) is 0.749. The maximum atomic E-state index is 11.6. The van der Waals surface area contributed by atoms with E-state index in [1.807, 2.05) is 6.92 Å². The van der Waals surface area contributed by atoms with Crippen molar-refractivity contribution >= 4 is 5.91 Å². The third kappa shape index (κ3) is 4.49. The Morgan fingerprint density at radius 2 is 2.25 bits per heavy atom. The van der Waals surface area contributed by atoms with Crippen LogP contribution in [0.2, 0.25) is 0 Å². The first-order chi connectivity index (χ1) is 7.77. The fourth-order valence-electron chi connectivity index (χ4n) is 2.16. The highest BCUT2D eigenvalue weighted by atomic mass is 16.3. The molecule has 0 spiro atoms. The molecule has 1 saturated heterocycles. The van der Waals surface area contributed by atoms with Gasteiger partial charge in [0.2, 0.25) is 5.91 Å². The normalized spacial score (nSPS) is 22.8. The zero-order chi connectivity index (χ0) is 11.8. The highest BCUT2D eigenvalue weighted by molar-refractivity contribution is 5.78. The molecule has 0 aliphatic carbocycles. The van der Waals surface area contributed by atoms with Crippen molar-refractivity contribution in [2.75, 3.05) is 26.2 Å². The summed E-state index contributed by atoms with van der Waals surface area (Å²) >= 11 is 0. The van der Waals surface area contributed by atoms with E-state index in [-0.39, 0.29) is 18.6 Å². The number of carbonyl (C=O) groups excluding carboxylic acids is 1. The average molecular weight is 228 g/mol. The zero-order valence-corrected chi connectivity index (χ0v) is 10.2. The van der Waals surface area contributed by atoms with Crippen LogP contribution in [0.4, 0.5) is 0 Å². The van der Waals surface area contributed by atoms with Crippen molar-refractivity contribution in [3.8, 4) is 0 Å². The summed E-state index contributed by atoms with van der Waals surface area (Å²) in [6, 6.07) is 0.176. The molecule has 0 aromatic rings. The largest absolute Gasteiger partial charge is 0.395 e. The Morgan fingerprint density at radius 3 is 2.94 bits per heavy atom. The van der Waals surface area contributed by atoms with E-state index < -0.39 is 0 Å². The van der Waals surface area contributed by atoms with E-state index in [9.17, 15) is 9.90 Å². The van der Waals surface area contributed by atoms with Gasteiger partial charge in [-0.05, 0) is 25.8 Å². The molecule has 0 radical (unpaired) electrons. The number of likely N-dealkylation sites (tertiary alicyclic amines) is 1. The van der Waals surface area contributed by atoms with Crippen molar-refractivity contribution in [1.82, 2.24) is 10.2 Å². The number of hydrogen-bond acceptors (Lipinski definition) is 3. The maximum Gasteiger partial charge on any atom is 0.234 e. The van der Waals surface area contributed by atoms with Crippen LogP contribution >= 0.6 is 0 Å². The van der Waals surface area contributed by atoms with E-state index in [4.69, 9.17) is 0 Å². The molecule has 1 aliphatic heterocycles. The molecule has 0 aromatic heterocycles. The zero-order valence-electron chi connectivity index (χ0n) is 10.2. The molecular weight excluding hydrogens is 204 g/mol. The Kier molecular flexibility index (Phi) is 6.42. The molecule has 1 aliphatic rings. The van der Waals surface area contributed by atoms with Crippen LogP contribution in [0, 0.1) is 0 Å². The van der Waals surface area contributed by atoms with Crippen LogP contribution in [0.5, 0.6) is 0 Å². The summed E-state index contributed by atoms with van der Waals surface area (Å²) in [5, 5.41) is 12.2. The van der Waals surface area contributed by atoms with E-state index in [1.54, 1.807) is 0 Å². The average Bonchev–Trinajstić information content (AvgIpc) is 2.51. The second-order valence-corrected chi connectivity index (χ2v) is 4.51. The minimum atomic E-state index is 0.0854. The van der Waals surface area contributed by atoms with Crippen LogP contribution in [-0.2, 0) is 4.79 Å². The minimum absolute atomic E-state index is 0.0854. The number of aliphatic hydroxyl groups excluding tert-OH is 1. The third-order valence-corrected chi connectivity index (χ3v) is 3.13. The lowest BCUT2D eigenvalue weighted by Gasteiger charge is -2.27. The van der Waals surface area contributed by atoms with E-state index >= 15 is 0 Å². The Hall–Kier alpha value is -0.610. The van der Waals surface area contributed by atoms with Gasteiger partial charge in [-0.2, -0.15) is 0 Å².